The largest absolute Gasteiger partial charge is 0.318 e. The Bertz CT molecular complexity index is 3550. The van der Waals surface area contributed by atoms with Crippen molar-refractivity contribution in [1.82, 2.24) is 9.13 Å². The van der Waals surface area contributed by atoms with Crippen molar-refractivity contribution in [3.8, 4) is 44.8 Å². The van der Waals surface area contributed by atoms with E-state index in [-0.39, 0.29) is 11.2 Å². The van der Waals surface area contributed by atoms with Crippen LogP contribution in [0.25, 0.3) is 88.4 Å². The molecule has 0 radical (unpaired) electrons. The highest BCUT2D eigenvalue weighted by Crippen LogP contribution is 2.58. The molecule has 3 aliphatic rings. The third kappa shape index (κ3) is 4.38. The van der Waals surface area contributed by atoms with Crippen molar-refractivity contribution < 1.29 is 0 Å². The van der Waals surface area contributed by atoms with Gasteiger partial charge in [-0.3, -0.25) is 0 Å². The second-order valence-electron chi connectivity index (χ2n) is 16.2. The number of nitrogens with zero attached hydrogens (tertiary/aromatic N) is 2. The molecule has 0 amide bonds. The number of hydrogen-bond donors (Lipinski definition) is 0. The van der Waals surface area contributed by atoms with Crippen LogP contribution in [0.5, 0.6) is 0 Å². The van der Waals surface area contributed by atoms with E-state index in [0.29, 0.717) is 0 Å². The molecule has 14 rings (SSSR count). The van der Waals surface area contributed by atoms with Gasteiger partial charge in [-0.05, 0) is 104 Å². The fraction of sp³-hybridized carbons (Fsp3) is 0.0182. The molecule has 0 saturated carbocycles. The van der Waals surface area contributed by atoms with Crippen LogP contribution >= 0.6 is 23.2 Å². The zero-order valence-corrected chi connectivity index (χ0v) is 34.0. The average Bonchev–Trinajstić information content (AvgIpc) is 3.96. The first-order valence-electron chi connectivity index (χ1n) is 20.7. The number of benzene rings is 9. The minimum Gasteiger partial charge on any atom is -0.309 e. The van der Waals surface area contributed by atoms with Gasteiger partial charge in [-0.25, -0.2) is 0 Å². The summed E-state index contributed by atoms with van der Waals surface area (Å²) < 4.78 is 5.20. The third-order valence-electron chi connectivity index (χ3n) is 13.2. The van der Waals surface area contributed by atoms with E-state index in [2.05, 4.69) is 203 Å². The highest BCUT2D eigenvalue weighted by Gasteiger charge is 2.40. The van der Waals surface area contributed by atoms with E-state index in [1.165, 1.54) is 120 Å². The van der Waals surface area contributed by atoms with Crippen molar-refractivity contribution in [2.75, 3.05) is 0 Å². The maximum atomic E-state index is 2.63. The van der Waals surface area contributed by atoms with Gasteiger partial charge in [0.1, 0.15) is 0 Å². The van der Waals surface area contributed by atoms with Gasteiger partial charge in [-0.15, -0.1) is 0 Å². The number of aromatic nitrogens is 2. The molecule has 2 aliphatic heterocycles. The number of hydrogen-bond acceptors (Lipinski definition) is 2. The average molecular weight is 797 g/mol. The molecule has 0 bridgehead atoms. The van der Waals surface area contributed by atoms with Crippen LogP contribution in [0, 0.1) is 0 Å². The Balaban J connectivity index is 1.23. The first kappa shape index (κ1) is 33.2. The topological polar surface area (TPSA) is 9.86 Å². The van der Waals surface area contributed by atoms with Gasteiger partial charge in [-0.1, -0.05) is 146 Å². The van der Waals surface area contributed by atoms with Crippen LogP contribution in [-0.4, -0.2) is 14.4 Å². The summed E-state index contributed by atoms with van der Waals surface area (Å²) in [6.45, 7) is 0. The third-order valence-corrected chi connectivity index (χ3v) is 15.9. The molecule has 2 aromatic heterocycles. The van der Waals surface area contributed by atoms with E-state index >= 15 is 0 Å². The smallest absolute Gasteiger partial charge is 0.309 e. The van der Waals surface area contributed by atoms with Gasteiger partial charge in [0.2, 0.25) is 0 Å². The molecule has 5 heteroatoms. The van der Waals surface area contributed by atoms with Crippen LogP contribution in [0.1, 0.15) is 22.6 Å². The molecule has 11 aromatic rings. The van der Waals surface area contributed by atoms with E-state index in [1.54, 1.807) is 0 Å². The summed E-state index contributed by atoms with van der Waals surface area (Å²) in [5, 5.41) is 5.45. The molecule has 1 unspecified atom stereocenters. The Hall–Kier alpha value is -6.66. The highest BCUT2D eigenvalue weighted by atomic mass is 32.2. The summed E-state index contributed by atoms with van der Waals surface area (Å²) in [5.41, 5.74) is 20.8. The van der Waals surface area contributed by atoms with Gasteiger partial charge in [0.15, 0.2) is 0 Å². The molecule has 4 heterocycles. The second kappa shape index (κ2) is 12.4. The van der Waals surface area contributed by atoms with Gasteiger partial charge in [0.25, 0.3) is 0 Å². The maximum Gasteiger partial charge on any atom is 0.318 e. The standard InChI is InChI=1S/C55H33BN2S2/c1-3-17-33(18-4-1)48-38-23-7-8-24-39(38)49-50-40-25-9-13-27-44(40)58(54(50)51-41-26-10-14-28-45(41)57(55(51)52(48)49)34-19-5-2-6-20-34)35-31-42-36-21-11-15-29-46(36)59-56-53(42)43(32-35)37-22-12-16-30-47(37)60-56/h1-32,48H. The van der Waals surface area contributed by atoms with Crippen molar-refractivity contribution in [2.45, 2.75) is 15.7 Å². The zero-order chi connectivity index (χ0) is 39.1. The Kier molecular flexibility index (Phi) is 6.88. The monoisotopic (exact) mass is 796 g/mol. The molecule has 9 aromatic carbocycles. The van der Waals surface area contributed by atoms with Crippen LogP contribution in [0.3, 0.4) is 0 Å². The fourth-order valence-corrected chi connectivity index (χ4v) is 13.9. The van der Waals surface area contributed by atoms with Crippen LogP contribution in [0.4, 0.5) is 0 Å². The van der Waals surface area contributed by atoms with Crippen molar-refractivity contribution in [2.24, 2.45) is 0 Å². The minimum absolute atomic E-state index is 0.0614. The first-order valence-corrected chi connectivity index (χ1v) is 22.5. The molecule has 0 spiro atoms. The van der Waals surface area contributed by atoms with E-state index < -0.39 is 0 Å². The minimum atomic E-state index is 0.0614. The molecule has 0 N–H and O–H groups in total. The van der Waals surface area contributed by atoms with Crippen LogP contribution in [-0.2, 0) is 0 Å². The predicted octanol–water partition coefficient (Wildman–Crippen LogP) is 14.3. The van der Waals surface area contributed by atoms with Gasteiger partial charge in [0, 0.05) is 48.6 Å². The SMILES string of the molecule is c1ccc(C2c3ccccc3-c3c2c2c(c4ccccc4n2-c2ccccc2)c2c3c3ccccc3n2-c2cc3c4c(c2)-c2ccccc2SB4Sc2ccccc2-3)cc1. The molecule has 2 nitrogen and oxygen atoms in total. The molecular formula is C55H33BN2S2. The van der Waals surface area contributed by atoms with Crippen LogP contribution in [0.15, 0.2) is 204 Å². The molecule has 278 valence electrons. The zero-order valence-electron chi connectivity index (χ0n) is 32.3. The van der Waals surface area contributed by atoms with Gasteiger partial charge in [0.05, 0.1) is 22.1 Å². The number of rotatable bonds is 3. The van der Waals surface area contributed by atoms with E-state index in [9.17, 15) is 0 Å². The van der Waals surface area contributed by atoms with Crippen molar-refractivity contribution in [3.63, 3.8) is 0 Å². The quantitative estimate of drug-likeness (QED) is 0.165. The lowest BCUT2D eigenvalue weighted by molar-refractivity contribution is 1.01. The summed E-state index contributed by atoms with van der Waals surface area (Å²) in [5.74, 6) is 0.0614. The summed E-state index contributed by atoms with van der Waals surface area (Å²) in [6, 6.07) is 72.7. The van der Waals surface area contributed by atoms with Gasteiger partial charge in [-0.2, -0.15) is 23.2 Å². The Morgan fingerprint density at radius 2 is 0.933 bits per heavy atom. The fourth-order valence-electron chi connectivity index (χ4n) is 10.9. The second-order valence-corrected chi connectivity index (χ2v) is 18.8. The summed E-state index contributed by atoms with van der Waals surface area (Å²) in [7, 11) is 0. The van der Waals surface area contributed by atoms with Crippen molar-refractivity contribution in [1.29, 1.82) is 0 Å². The van der Waals surface area contributed by atoms with Crippen molar-refractivity contribution in [3.05, 3.63) is 211 Å². The first-order chi connectivity index (χ1) is 29.8. The lowest BCUT2D eigenvalue weighted by atomic mass is 9.77. The van der Waals surface area contributed by atoms with Crippen LogP contribution < -0.4 is 5.46 Å². The Labute approximate surface area is 356 Å². The molecule has 1 atom stereocenters. The molecule has 0 saturated heterocycles. The highest BCUT2D eigenvalue weighted by molar-refractivity contribution is 8.56. The van der Waals surface area contributed by atoms with E-state index in [0.717, 1.165) is 0 Å². The van der Waals surface area contributed by atoms with E-state index in [4.69, 9.17) is 0 Å². The summed E-state index contributed by atoms with van der Waals surface area (Å²) in [6.07, 6.45) is 0. The molecule has 0 fully saturated rings. The maximum absolute atomic E-state index is 2.63. The lowest BCUT2D eigenvalue weighted by Gasteiger charge is -2.32. The summed E-state index contributed by atoms with van der Waals surface area (Å²) in [4.78, 5) is 2.70. The summed E-state index contributed by atoms with van der Waals surface area (Å²) >= 11 is 4.00. The van der Waals surface area contributed by atoms with Crippen molar-refractivity contribution >= 4 is 77.6 Å². The lowest BCUT2D eigenvalue weighted by Crippen LogP contribution is -2.33. The Morgan fingerprint density at radius 3 is 1.60 bits per heavy atom. The molecular weight excluding hydrogens is 764 g/mol. The van der Waals surface area contributed by atoms with E-state index in [1.807, 2.05) is 23.2 Å². The predicted molar refractivity (Wildman–Crippen MR) is 256 cm³/mol. The molecule has 60 heavy (non-hydrogen) atoms. The normalized spacial score (nSPS) is 14.7. The Morgan fingerprint density at radius 1 is 0.417 bits per heavy atom. The molecule has 1 aliphatic carbocycles. The van der Waals surface area contributed by atoms with Gasteiger partial charge < -0.3 is 9.13 Å². The van der Waals surface area contributed by atoms with Gasteiger partial charge >= 0.3 is 5.27 Å². The number of fused-ring (bicyclic) bond motifs is 16. The van der Waals surface area contributed by atoms with Crippen LogP contribution in [0.2, 0.25) is 0 Å². The number of para-hydroxylation sites is 3.